The lowest BCUT2D eigenvalue weighted by molar-refractivity contribution is 0.166. The van der Waals surface area contributed by atoms with Crippen LogP contribution in [0.25, 0.3) is 0 Å². The molecule has 28 heavy (non-hydrogen) atoms. The molecule has 0 aromatic rings. The van der Waals surface area contributed by atoms with Crippen molar-refractivity contribution in [2.24, 2.45) is 35.5 Å². The molecule has 166 valence electrons. The van der Waals surface area contributed by atoms with E-state index >= 15 is 0 Å². The standard InChI is InChI=1S/C13H24.C8H16.C7H14/c1-11-6-5-9-13(10-11)12-7-3-2-4-8-12;1-7-3-5-8(2)6-4-7;1-7-5-3-2-4-6-7/h11-13H,2-10H2,1H3;7-8H,3-6H2,1-2H3;7H,2-6H2,1H3. The molecule has 0 spiro atoms. The molecule has 4 fully saturated rings. The summed E-state index contributed by atoms with van der Waals surface area (Å²) in [6, 6.07) is 0. The van der Waals surface area contributed by atoms with Gasteiger partial charge in [-0.1, -0.05) is 137 Å². The molecular weight excluding hydrogens is 336 g/mol. The van der Waals surface area contributed by atoms with E-state index in [9.17, 15) is 0 Å². The van der Waals surface area contributed by atoms with Crippen molar-refractivity contribution >= 4 is 0 Å². The fraction of sp³-hybridized carbons (Fsp3) is 1.00. The summed E-state index contributed by atoms with van der Waals surface area (Å²) in [7, 11) is 0. The van der Waals surface area contributed by atoms with E-state index in [1.807, 2.05) is 0 Å². The van der Waals surface area contributed by atoms with Crippen LogP contribution in [-0.4, -0.2) is 0 Å². The third kappa shape index (κ3) is 10.2. The predicted molar refractivity (Wildman–Crippen MR) is 127 cm³/mol. The van der Waals surface area contributed by atoms with Crippen molar-refractivity contribution in [3.63, 3.8) is 0 Å². The molecule has 4 rings (SSSR count). The van der Waals surface area contributed by atoms with E-state index in [4.69, 9.17) is 0 Å². The first-order valence-corrected chi connectivity index (χ1v) is 13.5. The summed E-state index contributed by atoms with van der Waals surface area (Å²) in [5.74, 6) is 6.34. The van der Waals surface area contributed by atoms with Crippen molar-refractivity contribution < 1.29 is 0 Å². The molecule has 0 N–H and O–H groups in total. The van der Waals surface area contributed by atoms with E-state index in [0.29, 0.717) is 0 Å². The van der Waals surface area contributed by atoms with E-state index in [0.717, 1.165) is 35.5 Å². The molecule has 0 saturated heterocycles. The highest BCUT2D eigenvalue weighted by molar-refractivity contribution is 4.79. The van der Waals surface area contributed by atoms with Gasteiger partial charge in [0.1, 0.15) is 0 Å². The first kappa shape index (κ1) is 24.3. The predicted octanol–water partition coefficient (Wildman–Crippen LogP) is 9.81. The molecule has 0 aliphatic heterocycles. The van der Waals surface area contributed by atoms with Gasteiger partial charge in [0, 0.05) is 0 Å². The Balaban J connectivity index is 0.000000161. The van der Waals surface area contributed by atoms with Crippen molar-refractivity contribution in [2.45, 2.75) is 143 Å². The largest absolute Gasteiger partial charge is 0.0625 e. The zero-order chi connectivity index (χ0) is 20.2. The fourth-order valence-electron chi connectivity index (χ4n) is 6.25. The average molecular weight is 391 g/mol. The molecule has 0 heterocycles. The highest BCUT2D eigenvalue weighted by Gasteiger charge is 2.27. The Hall–Kier alpha value is 0. The second-order valence-electron chi connectivity index (χ2n) is 11.5. The minimum Gasteiger partial charge on any atom is -0.0625 e. The van der Waals surface area contributed by atoms with Crippen LogP contribution in [-0.2, 0) is 0 Å². The van der Waals surface area contributed by atoms with E-state index < -0.39 is 0 Å². The minimum atomic E-state index is 1.02. The SMILES string of the molecule is CC1CCC(C)CC1.CC1CCCC(C2CCCCC2)C1.CC1CCCCC1. The van der Waals surface area contributed by atoms with Gasteiger partial charge in [0.2, 0.25) is 0 Å². The lowest BCUT2D eigenvalue weighted by atomic mass is 9.71. The van der Waals surface area contributed by atoms with Crippen LogP contribution >= 0.6 is 0 Å². The van der Waals surface area contributed by atoms with Gasteiger partial charge in [-0.3, -0.25) is 0 Å². The van der Waals surface area contributed by atoms with Crippen LogP contribution in [0.2, 0.25) is 0 Å². The second kappa shape index (κ2) is 14.1. The van der Waals surface area contributed by atoms with Crippen molar-refractivity contribution in [3.8, 4) is 0 Å². The van der Waals surface area contributed by atoms with Gasteiger partial charge in [-0.05, 0) is 41.9 Å². The summed E-state index contributed by atoms with van der Waals surface area (Å²) in [6.45, 7) is 9.55. The lowest BCUT2D eigenvalue weighted by Gasteiger charge is -2.35. The van der Waals surface area contributed by atoms with Crippen molar-refractivity contribution in [2.75, 3.05) is 0 Å². The maximum Gasteiger partial charge on any atom is -0.0383 e. The smallest absolute Gasteiger partial charge is 0.0383 e. The molecule has 0 aromatic heterocycles. The fourth-order valence-corrected chi connectivity index (χ4v) is 6.25. The average Bonchev–Trinajstić information content (AvgIpc) is 2.72. The van der Waals surface area contributed by atoms with Crippen molar-refractivity contribution in [1.82, 2.24) is 0 Å². The van der Waals surface area contributed by atoms with E-state index in [1.54, 1.807) is 25.7 Å². The van der Waals surface area contributed by atoms with Gasteiger partial charge < -0.3 is 0 Å². The Morgan fingerprint density at radius 2 is 0.714 bits per heavy atom. The summed E-state index contributed by atoms with van der Waals surface area (Å²) in [5, 5.41) is 0. The normalized spacial score (nSPS) is 35.1. The highest BCUT2D eigenvalue weighted by atomic mass is 14.3. The number of hydrogen-bond acceptors (Lipinski definition) is 0. The topological polar surface area (TPSA) is 0 Å². The highest BCUT2D eigenvalue weighted by Crippen LogP contribution is 2.39. The Bertz CT molecular complexity index is 342. The quantitative estimate of drug-likeness (QED) is 0.418. The van der Waals surface area contributed by atoms with Crippen molar-refractivity contribution in [1.29, 1.82) is 0 Å². The molecule has 4 saturated carbocycles. The second-order valence-corrected chi connectivity index (χ2v) is 11.5. The molecule has 0 bridgehead atoms. The molecule has 2 atom stereocenters. The van der Waals surface area contributed by atoms with E-state index in [1.165, 1.54) is 89.9 Å². The molecule has 0 heteroatoms. The molecule has 0 radical (unpaired) electrons. The molecule has 0 nitrogen and oxygen atoms in total. The molecule has 0 amide bonds. The van der Waals surface area contributed by atoms with Gasteiger partial charge in [0.05, 0.1) is 0 Å². The molecule has 4 aliphatic carbocycles. The Morgan fingerprint density at radius 1 is 0.321 bits per heavy atom. The zero-order valence-corrected chi connectivity index (χ0v) is 20.2. The van der Waals surface area contributed by atoms with Gasteiger partial charge in [-0.2, -0.15) is 0 Å². The number of rotatable bonds is 1. The van der Waals surface area contributed by atoms with Gasteiger partial charge in [-0.15, -0.1) is 0 Å². The van der Waals surface area contributed by atoms with Crippen LogP contribution in [0, 0.1) is 35.5 Å². The van der Waals surface area contributed by atoms with Crippen LogP contribution in [0.15, 0.2) is 0 Å². The van der Waals surface area contributed by atoms with E-state index in [-0.39, 0.29) is 0 Å². The van der Waals surface area contributed by atoms with Crippen LogP contribution in [0.1, 0.15) is 143 Å². The maximum absolute atomic E-state index is 2.45. The lowest BCUT2D eigenvalue weighted by Crippen LogP contribution is -2.23. The van der Waals surface area contributed by atoms with Gasteiger partial charge in [-0.25, -0.2) is 0 Å². The van der Waals surface area contributed by atoms with Crippen LogP contribution < -0.4 is 0 Å². The first-order chi connectivity index (χ1) is 13.5. The van der Waals surface area contributed by atoms with Crippen LogP contribution in [0.5, 0.6) is 0 Å². The third-order valence-electron chi connectivity index (χ3n) is 8.49. The summed E-state index contributed by atoms with van der Waals surface area (Å²) in [5.41, 5.74) is 0. The van der Waals surface area contributed by atoms with Gasteiger partial charge in [0.15, 0.2) is 0 Å². The van der Waals surface area contributed by atoms with E-state index in [2.05, 4.69) is 27.7 Å². The van der Waals surface area contributed by atoms with Gasteiger partial charge >= 0.3 is 0 Å². The van der Waals surface area contributed by atoms with Crippen LogP contribution in [0.3, 0.4) is 0 Å². The monoisotopic (exact) mass is 390 g/mol. The van der Waals surface area contributed by atoms with Crippen molar-refractivity contribution in [3.05, 3.63) is 0 Å². The Morgan fingerprint density at radius 3 is 1.14 bits per heavy atom. The van der Waals surface area contributed by atoms with Gasteiger partial charge in [0.25, 0.3) is 0 Å². The summed E-state index contributed by atoms with van der Waals surface area (Å²) >= 11 is 0. The Kier molecular flexibility index (Phi) is 12.2. The molecule has 4 aliphatic rings. The minimum absolute atomic E-state index is 1.02. The van der Waals surface area contributed by atoms with Crippen LogP contribution in [0.4, 0.5) is 0 Å². The molecule has 2 unspecified atom stereocenters. The third-order valence-corrected chi connectivity index (χ3v) is 8.49. The summed E-state index contributed by atoms with van der Waals surface area (Å²) < 4.78 is 0. The Labute approximate surface area is 179 Å². The summed E-state index contributed by atoms with van der Waals surface area (Å²) in [6.07, 6.45) is 27.1. The molecule has 0 aromatic carbocycles. The maximum atomic E-state index is 2.45. The zero-order valence-electron chi connectivity index (χ0n) is 20.2. The first-order valence-electron chi connectivity index (χ1n) is 13.5. The summed E-state index contributed by atoms with van der Waals surface area (Å²) in [4.78, 5) is 0. The number of hydrogen-bond donors (Lipinski definition) is 0. The molecular formula is C28H54.